The maximum absolute atomic E-state index is 13.3. The second kappa shape index (κ2) is 3.93. The monoisotopic (exact) mass is 241 g/mol. The number of aromatic nitrogens is 2. The third-order valence-electron chi connectivity index (χ3n) is 1.82. The van der Waals surface area contributed by atoms with Gasteiger partial charge in [-0.05, 0) is 0 Å². The summed E-state index contributed by atoms with van der Waals surface area (Å²) in [4.78, 5) is 17.9. The minimum absolute atomic E-state index is 0.0180. The summed E-state index contributed by atoms with van der Waals surface area (Å²) in [5.74, 6) is -2.40. The van der Waals surface area contributed by atoms with Crippen LogP contribution in [-0.4, -0.2) is 15.9 Å². The molecule has 0 aromatic carbocycles. The molecular formula is C9H5F2N3OS. The Morgan fingerprint density at radius 1 is 1.31 bits per heavy atom. The van der Waals surface area contributed by atoms with E-state index in [1.807, 2.05) is 0 Å². The number of thiazole rings is 1. The zero-order chi connectivity index (χ0) is 11.7. The standard InChI is InChI=1S/C9H5F2N3OS/c10-4-1-13-2-5(11)7(4)9-14-6(3-16-9)8(12)15/h1-3H,(H2,12,15). The van der Waals surface area contributed by atoms with Crippen LogP contribution in [0.2, 0.25) is 0 Å². The average Bonchev–Trinajstić information content (AvgIpc) is 2.66. The number of rotatable bonds is 2. The molecule has 2 rings (SSSR count). The predicted octanol–water partition coefficient (Wildman–Crippen LogP) is 1.58. The van der Waals surface area contributed by atoms with Gasteiger partial charge in [-0.1, -0.05) is 0 Å². The lowest BCUT2D eigenvalue weighted by molar-refractivity contribution is 0.0996. The van der Waals surface area contributed by atoms with Crippen LogP contribution in [0, 0.1) is 11.6 Å². The van der Waals surface area contributed by atoms with E-state index in [0.717, 1.165) is 23.7 Å². The first-order valence-corrected chi connectivity index (χ1v) is 5.02. The van der Waals surface area contributed by atoms with Crippen molar-refractivity contribution in [1.29, 1.82) is 0 Å². The van der Waals surface area contributed by atoms with Crippen molar-refractivity contribution in [2.45, 2.75) is 0 Å². The Hall–Kier alpha value is -1.89. The molecular weight excluding hydrogens is 236 g/mol. The molecule has 2 N–H and O–H groups in total. The van der Waals surface area contributed by atoms with E-state index in [1.165, 1.54) is 5.38 Å². The highest BCUT2D eigenvalue weighted by Crippen LogP contribution is 2.27. The van der Waals surface area contributed by atoms with Gasteiger partial charge in [-0.3, -0.25) is 9.78 Å². The lowest BCUT2D eigenvalue weighted by Gasteiger charge is -1.98. The van der Waals surface area contributed by atoms with Crippen molar-refractivity contribution in [3.05, 3.63) is 35.1 Å². The van der Waals surface area contributed by atoms with E-state index < -0.39 is 17.5 Å². The molecule has 0 aliphatic heterocycles. The number of nitrogens with two attached hydrogens (primary N) is 1. The first-order chi connectivity index (χ1) is 7.59. The van der Waals surface area contributed by atoms with Gasteiger partial charge in [0, 0.05) is 5.38 Å². The highest BCUT2D eigenvalue weighted by Gasteiger charge is 2.16. The van der Waals surface area contributed by atoms with Crippen molar-refractivity contribution in [1.82, 2.24) is 9.97 Å². The summed E-state index contributed by atoms with van der Waals surface area (Å²) in [6.45, 7) is 0. The Kier molecular flexibility index (Phi) is 2.61. The van der Waals surface area contributed by atoms with Gasteiger partial charge in [0.15, 0.2) is 11.6 Å². The van der Waals surface area contributed by atoms with Crippen molar-refractivity contribution >= 4 is 17.2 Å². The number of hydrogen-bond donors (Lipinski definition) is 1. The molecule has 0 radical (unpaired) electrons. The largest absolute Gasteiger partial charge is 0.364 e. The summed E-state index contributed by atoms with van der Waals surface area (Å²) in [5.41, 5.74) is 4.67. The van der Waals surface area contributed by atoms with Crippen LogP contribution >= 0.6 is 11.3 Å². The highest BCUT2D eigenvalue weighted by atomic mass is 32.1. The van der Waals surface area contributed by atoms with Crippen LogP contribution in [0.3, 0.4) is 0 Å². The van der Waals surface area contributed by atoms with Crippen molar-refractivity contribution in [3.8, 4) is 10.6 Å². The molecule has 0 aliphatic carbocycles. The molecule has 4 nitrogen and oxygen atoms in total. The summed E-state index contributed by atoms with van der Waals surface area (Å²) in [6.07, 6.45) is 1.76. The number of pyridine rings is 1. The highest BCUT2D eigenvalue weighted by molar-refractivity contribution is 7.13. The van der Waals surface area contributed by atoms with Crippen molar-refractivity contribution in [2.75, 3.05) is 0 Å². The lowest BCUT2D eigenvalue weighted by atomic mass is 10.2. The number of hydrogen-bond acceptors (Lipinski definition) is 4. The Morgan fingerprint density at radius 2 is 1.94 bits per heavy atom. The van der Waals surface area contributed by atoms with Crippen LogP contribution < -0.4 is 5.73 Å². The van der Waals surface area contributed by atoms with Crippen molar-refractivity contribution < 1.29 is 13.6 Å². The van der Waals surface area contributed by atoms with Crippen LogP contribution in [-0.2, 0) is 0 Å². The van der Waals surface area contributed by atoms with Gasteiger partial charge in [-0.25, -0.2) is 13.8 Å². The Morgan fingerprint density at radius 3 is 2.44 bits per heavy atom. The van der Waals surface area contributed by atoms with Crippen LogP contribution in [0.4, 0.5) is 8.78 Å². The molecule has 16 heavy (non-hydrogen) atoms. The van der Waals surface area contributed by atoms with Crippen LogP contribution in [0.25, 0.3) is 10.6 Å². The van der Waals surface area contributed by atoms with Gasteiger partial charge in [0.2, 0.25) is 0 Å². The van der Waals surface area contributed by atoms with Crippen LogP contribution in [0.15, 0.2) is 17.8 Å². The van der Waals surface area contributed by atoms with E-state index in [0.29, 0.717) is 0 Å². The fraction of sp³-hybridized carbons (Fsp3) is 0. The lowest BCUT2D eigenvalue weighted by Crippen LogP contribution is -2.11. The molecule has 0 bridgehead atoms. The fourth-order valence-corrected chi connectivity index (χ4v) is 1.97. The van der Waals surface area contributed by atoms with Crippen LogP contribution in [0.1, 0.15) is 10.5 Å². The van der Waals surface area contributed by atoms with Gasteiger partial charge in [-0.15, -0.1) is 11.3 Å². The number of primary amides is 1. The zero-order valence-electron chi connectivity index (χ0n) is 7.78. The maximum Gasteiger partial charge on any atom is 0.268 e. The summed E-state index contributed by atoms with van der Waals surface area (Å²) >= 11 is 0.940. The smallest absolute Gasteiger partial charge is 0.268 e. The first kappa shape index (κ1) is 10.6. The van der Waals surface area contributed by atoms with Gasteiger partial charge in [-0.2, -0.15) is 0 Å². The van der Waals surface area contributed by atoms with Crippen LogP contribution in [0.5, 0.6) is 0 Å². The second-order valence-corrected chi connectivity index (χ2v) is 3.74. The molecule has 0 atom stereocenters. The Balaban J connectivity index is 2.54. The normalized spacial score (nSPS) is 10.4. The van der Waals surface area contributed by atoms with Gasteiger partial charge >= 0.3 is 0 Å². The number of carbonyl (C=O) groups is 1. The topological polar surface area (TPSA) is 68.9 Å². The van der Waals surface area contributed by atoms with E-state index in [-0.39, 0.29) is 16.3 Å². The Bertz CT molecular complexity index is 535. The molecule has 2 aromatic heterocycles. The maximum atomic E-state index is 13.3. The summed E-state index contributed by atoms with van der Waals surface area (Å²) < 4.78 is 26.6. The molecule has 7 heteroatoms. The molecule has 0 spiro atoms. The molecule has 0 saturated heterocycles. The molecule has 2 heterocycles. The quantitative estimate of drug-likeness (QED) is 0.867. The summed E-state index contributed by atoms with van der Waals surface area (Å²) in [7, 11) is 0. The van der Waals surface area contributed by atoms with Gasteiger partial charge in [0.25, 0.3) is 5.91 Å². The third kappa shape index (κ3) is 1.76. The van der Waals surface area contributed by atoms with E-state index in [1.54, 1.807) is 0 Å². The van der Waals surface area contributed by atoms with Gasteiger partial charge in [0.05, 0.1) is 18.0 Å². The minimum atomic E-state index is -0.828. The summed E-state index contributed by atoms with van der Waals surface area (Å²) in [5, 5.41) is 1.41. The molecule has 0 aliphatic rings. The number of amides is 1. The first-order valence-electron chi connectivity index (χ1n) is 4.14. The van der Waals surface area contributed by atoms with E-state index in [4.69, 9.17) is 5.73 Å². The molecule has 2 aromatic rings. The number of halogens is 2. The molecule has 1 amide bonds. The number of carbonyl (C=O) groups excluding carboxylic acids is 1. The summed E-state index contributed by atoms with van der Waals surface area (Å²) in [6, 6.07) is 0. The molecule has 0 unspecified atom stereocenters. The number of nitrogens with zero attached hydrogens (tertiary/aromatic N) is 2. The van der Waals surface area contributed by atoms with Gasteiger partial charge in [0.1, 0.15) is 10.7 Å². The molecule has 0 saturated carbocycles. The van der Waals surface area contributed by atoms with E-state index in [2.05, 4.69) is 9.97 Å². The third-order valence-corrected chi connectivity index (χ3v) is 2.68. The zero-order valence-corrected chi connectivity index (χ0v) is 8.59. The molecule has 82 valence electrons. The SMILES string of the molecule is NC(=O)c1csc(-c2c(F)cncc2F)n1. The fourth-order valence-electron chi connectivity index (χ4n) is 1.12. The second-order valence-electron chi connectivity index (χ2n) is 2.88. The Labute approximate surface area is 92.8 Å². The predicted molar refractivity (Wildman–Crippen MR) is 53.8 cm³/mol. The van der Waals surface area contributed by atoms with E-state index >= 15 is 0 Å². The van der Waals surface area contributed by atoms with Gasteiger partial charge < -0.3 is 5.73 Å². The van der Waals surface area contributed by atoms with Crippen molar-refractivity contribution in [3.63, 3.8) is 0 Å². The average molecular weight is 241 g/mol. The van der Waals surface area contributed by atoms with Crippen molar-refractivity contribution in [2.24, 2.45) is 5.73 Å². The molecule has 0 fully saturated rings. The minimum Gasteiger partial charge on any atom is -0.364 e. The van der Waals surface area contributed by atoms with E-state index in [9.17, 15) is 13.6 Å².